The summed E-state index contributed by atoms with van der Waals surface area (Å²) in [5.74, 6) is 2.30. The Bertz CT molecular complexity index is 1640. The van der Waals surface area contributed by atoms with Gasteiger partial charge in [0.15, 0.2) is 0 Å². The van der Waals surface area contributed by atoms with E-state index in [1.54, 1.807) is 25.1 Å². The Balaban J connectivity index is 1.68. The van der Waals surface area contributed by atoms with E-state index in [1.165, 1.54) is 0 Å². The SMILES string of the molecule is COc1cccc(C2c3c(ncn(-c4ccccc4OC)c3=N)Oc3ccc4ccccc4c32)c1. The Morgan fingerprint density at radius 2 is 1.69 bits per heavy atom. The largest absolute Gasteiger partial charge is 0.497 e. The van der Waals surface area contributed by atoms with Crippen molar-refractivity contribution in [3.05, 3.63) is 113 Å². The fraction of sp³-hybridized carbons (Fsp3) is 0.103. The average molecular weight is 462 g/mol. The number of rotatable bonds is 4. The molecule has 6 nitrogen and oxygen atoms in total. The molecule has 6 heteroatoms. The first kappa shape index (κ1) is 21.0. The van der Waals surface area contributed by atoms with Crippen LogP contribution in [0.3, 0.4) is 0 Å². The Kier molecular flexibility index (Phi) is 4.99. The van der Waals surface area contributed by atoms with E-state index in [1.807, 2.05) is 60.7 Å². The number of nitrogens with one attached hydrogen (secondary N) is 1. The van der Waals surface area contributed by atoms with Crippen molar-refractivity contribution >= 4 is 10.8 Å². The van der Waals surface area contributed by atoms with E-state index >= 15 is 0 Å². The van der Waals surface area contributed by atoms with Gasteiger partial charge < -0.3 is 14.2 Å². The van der Waals surface area contributed by atoms with Crippen molar-refractivity contribution in [1.82, 2.24) is 9.55 Å². The number of methoxy groups -OCH3 is 2. The van der Waals surface area contributed by atoms with Gasteiger partial charge in [0.25, 0.3) is 0 Å². The van der Waals surface area contributed by atoms with E-state index in [0.29, 0.717) is 17.2 Å². The van der Waals surface area contributed by atoms with Gasteiger partial charge in [-0.2, -0.15) is 0 Å². The molecule has 1 aliphatic rings. The molecule has 0 aliphatic carbocycles. The van der Waals surface area contributed by atoms with Crippen LogP contribution in [0, 0.1) is 5.41 Å². The van der Waals surface area contributed by atoms with Crippen molar-refractivity contribution in [2.45, 2.75) is 5.92 Å². The molecule has 0 saturated heterocycles. The van der Waals surface area contributed by atoms with Crippen LogP contribution >= 0.6 is 0 Å². The second-order valence-corrected chi connectivity index (χ2v) is 8.36. The molecule has 0 amide bonds. The molecule has 5 aromatic rings. The van der Waals surface area contributed by atoms with Gasteiger partial charge in [0.05, 0.1) is 25.5 Å². The summed E-state index contributed by atoms with van der Waals surface area (Å²) in [5, 5.41) is 11.5. The molecular formula is C29H23N3O3. The summed E-state index contributed by atoms with van der Waals surface area (Å²) in [6.07, 6.45) is 1.62. The summed E-state index contributed by atoms with van der Waals surface area (Å²) in [5.41, 5.74) is 3.72. The summed E-state index contributed by atoms with van der Waals surface area (Å²) in [6, 6.07) is 27.9. The third-order valence-electron chi connectivity index (χ3n) is 6.50. The summed E-state index contributed by atoms with van der Waals surface area (Å²) in [7, 11) is 3.28. The minimum absolute atomic E-state index is 0.280. The number of hydrogen-bond donors (Lipinski definition) is 1. The van der Waals surface area contributed by atoms with Crippen LogP contribution in [0.2, 0.25) is 0 Å². The molecule has 0 fully saturated rings. The van der Waals surface area contributed by atoms with E-state index in [-0.39, 0.29) is 11.4 Å². The summed E-state index contributed by atoms with van der Waals surface area (Å²) in [4.78, 5) is 4.66. The van der Waals surface area contributed by atoms with Gasteiger partial charge in [-0.3, -0.25) is 9.98 Å². The lowest BCUT2D eigenvalue weighted by Crippen LogP contribution is -2.29. The molecule has 1 atom stereocenters. The predicted octanol–water partition coefficient (Wildman–Crippen LogP) is 5.81. The monoisotopic (exact) mass is 461 g/mol. The van der Waals surface area contributed by atoms with Crippen molar-refractivity contribution in [1.29, 1.82) is 5.41 Å². The smallest absolute Gasteiger partial charge is 0.228 e. The lowest BCUT2D eigenvalue weighted by Gasteiger charge is -2.30. The minimum atomic E-state index is -0.280. The fourth-order valence-corrected chi connectivity index (χ4v) is 4.89. The molecule has 0 radical (unpaired) electrons. The zero-order chi connectivity index (χ0) is 23.9. The molecule has 0 bridgehead atoms. The highest BCUT2D eigenvalue weighted by atomic mass is 16.5. The Labute approximate surface area is 202 Å². The van der Waals surface area contributed by atoms with Gasteiger partial charge in [0, 0.05) is 11.5 Å². The van der Waals surface area contributed by atoms with Crippen LogP contribution in [0.1, 0.15) is 22.6 Å². The maximum absolute atomic E-state index is 9.32. The van der Waals surface area contributed by atoms with Crippen LogP contribution in [0.5, 0.6) is 23.1 Å². The second-order valence-electron chi connectivity index (χ2n) is 8.36. The number of ether oxygens (including phenoxy) is 3. The highest BCUT2D eigenvalue weighted by Gasteiger charge is 2.34. The lowest BCUT2D eigenvalue weighted by molar-refractivity contribution is 0.409. The fourth-order valence-electron chi connectivity index (χ4n) is 4.89. The summed E-state index contributed by atoms with van der Waals surface area (Å²) in [6.45, 7) is 0. The van der Waals surface area contributed by atoms with Crippen molar-refractivity contribution in [3.63, 3.8) is 0 Å². The highest BCUT2D eigenvalue weighted by Crippen LogP contribution is 2.48. The average Bonchev–Trinajstić information content (AvgIpc) is 2.92. The molecule has 35 heavy (non-hydrogen) atoms. The van der Waals surface area contributed by atoms with Crippen LogP contribution in [-0.4, -0.2) is 23.8 Å². The van der Waals surface area contributed by atoms with Crippen molar-refractivity contribution in [3.8, 4) is 28.8 Å². The maximum Gasteiger partial charge on any atom is 0.228 e. The quantitative estimate of drug-likeness (QED) is 0.360. The first-order chi connectivity index (χ1) is 17.2. The molecule has 172 valence electrons. The highest BCUT2D eigenvalue weighted by molar-refractivity contribution is 5.90. The third kappa shape index (κ3) is 3.34. The van der Waals surface area contributed by atoms with E-state index in [0.717, 1.165) is 39.1 Å². The molecule has 1 aliphatic heterocycles. The van der Waals surface area contributed by atoms with Gasteiger partial charge in [0.1, 0.15) is 29.1 Å². The van der Waals surface area contributed by atoms with Crippen LogP contribution < -0.4 is 19.7 Å². The van der Waals surface area contributed by atoms with Gasteiger partial charge in [-0.25, -0.2) is 4.98 Å². The molecule has 4 aromatic carbocycles. The first-order valence-corrected chi connectivity index (χ1v) is 11.3. The van der Waals surface area contributed by atoms with Crippen molar-refractivity contribution in [2.24, 2.45) is 0 Å². The van der Waals surface area contributed by atoms with Crippen LogP contribution in [0.25, 0.3) is 16.5 Å². The number of hydrogen-bond acceptors (Lipinski definition) is 5. The van der Waals surface area contributed by atoms with Crippen LogP contribution in [0.4, 0.5) is 0 Å². The van der Waals surface area contributed by atoms with E-state index in [4.69, 9.17) is 14.2 Å². The number of benzene rings is 4. The molecule has 6 rings (SSSR count). The Morgan fingerprint density at radius 1 is 0.857 bits per heavy atom. The predicted molar refractivity (Wildman–Crippen MR) is 134 cm³/mol. The molecule has 0 saturated carbocycles. The van der Waals surface area contributed by atoms with Crippen LogP contribution in [-0.2, 0) is 0 Å². The first-order valence-electron chi connectivity index (χ1n) is 11.3. The number of nitrogens with zero attached hydrogens (tertiary/aromatic N) is 2. The molecule has 2 heterocycles. The molecular weight excluding hydrogens is 438 g/mol. The number of aromatic nitrogens is 2. The van der Waals surface area contributed by atoms with Gasteiger partial charge >= 0.3 is 0 Å². The van der Waals surface area contributed by atoms with Gasteiger partial charge in [-0.15, -0.1) is 0 Å². The molecule has 1 unspecified atom stereocenters. The van der Waals surface area contributed by atoms with Crippen LogP contribution in [0.15, 0.2) is 91.3 Å². The topological polar surface area (TPSA) is 69.4 Å². The zero-order valence-electron chi connectivity index (χ0n) is 19.4. The van der Waals surface area contributed by atoms with E-state index in [9.17, 15) is 5.41 Å². The molecule has 1 aromatic heterocycles. The standard InChI is InChI=1S/C29H23N3O3/c1-33-20-10-7-9-19(16-20)25-26-21-11-4-3-8-18(21)14-15-24(26)35-29-27(25)28(30)32(17-31-29)22-12-5-6-13-23(22)34-2/h3-17,25,30H,1-2H3. The summed E-state index contributed by atoms with van der Waals surface area (Å²) >= 11 is 0. The normalized spacial score (nSPS) is 14.1. The Morgan fingerprint density at radius 3 is 2.54 bits per heavy atom. The zero-order valence-corrected chi connectivity index (χ0v) is 19.4. The Hall–Kier alpha value is -4.58. The third-order valence-corrected chi connectivity index (χ3v) is 6.50. The van der Waals surface area contributed by atoms with Gasteiger partial charge in [0.2, 0.25) is 5.88 Å². The number of fused-ring (bicyclic) bond motifs is 4. The van der Waals surface area contributed by atoms with E-state index in [2.05, 4.69) is 29.2 Å². The second kappa shape index (κ2) is 8.33. The number of para-hydroxylation sites is 2. The van der Waals surface area contributed by atoms with Gasteiger partial charge in [-0.05, 0) is 46.7 Å². The summed E-state index contributed by atoms with van der Waals surface area (Å²) < 4.78 is 19.2. The van der Waals surface area contributed by atoms with Crippen molar-refractivity contribution in [2.75, 3.05) is 14.2 Å². The molecule has 1 N–H and O–H groups in total. The maximum atomic E-state index is 9.32. The van der Waals surface area contributed by atoms with Crippen molar-refractivity contribution < 1.29 is 14.2 Å². The minimum Gasteiger partial charge on any atom is -0.497 e. The van der Waals surface area contributed by atoms with E-state index < -0.39 is 0 Å². The van der Waals surface area contributed by atoms with Gasteiger partial charge in [-0.1, -0.05) is 54.6 Å². The molecule has 0 spiro atoms. The lowest BCUT2D eigenvalue weighted by atomic mass is 9.81.